The van der Waals surface area contributed by atoms with E-state index in [1.165, 1.54) is 51.4 Å². The van der Waals surface area contributed by atoms with Crippen molar-refractivity contribution in [1.29, 1.82) is 0 Å². The molecule has 0 spiro atoms. The molecule has 0 unspecified atom stereocenters. The third-order valence-corrected chi connectivity index (χ3v) is 2.80. The zero-order valence-corrected chi connectivity index (χ0v) is 14.0. The summed E-state index contributed by atoms with van der Waals surface area (Å²) in [4.78, 5) is 0. The molecule has 0 aliphatic heterocycles. The van der Waals surface area contributed by atoms with Gasteiger partial charge in [0.1, 0.15) is 0 Å². The van der Waals surface area contributed by atoms with Gasteiger partial charge in [-0.2, -0.15) is 0 Å². The molecule has 1 nitrogen and oxygen atoms in total. The molecule has 0 rings (SSSR count). The van der Waals surface area contributed by atoms with E-state index in [9.17, 15) is 0 Å². The van der Waals surface area contributed by atoms with Gasteiger partial charge in [0, 0.05) is 17.1 Å². The van der Waals surface area contributed by atoms with Gasteiger partial charge >= 0.3 is 18.9 Å². The second kappa shape index (κ2) is 23.5. The molecular formula is C16H31CuLiO. The topological polar surface area (TPSA) is 9.23 Å². The minimum Gasteiger partial charge on any atom is -1.00 e. The molecule has 0 fully saturated rings. The van der Waals surface area contributed by atoms with Gasteiger partial charge in [-0.15, -0.1) is 0 Å². The molecule has 0 atom stereocenters. The molecule has 0 aliphatic rings. The van der Waals surface area contributed by atoms with E-state index < -0.39 is 0 Å². The van der Waals surface area contributed by atoms with Crippen molar-refractivity contribution in [1.82, 2.24) is 0 Å². The first-order valence-corrected chi connectivity index (χ1v) is 7.37. The first-order chi connectivity index (χ1) is 8.41. The fourth-order valence-electron chi connectivity index (χ4n) is 1.67. The van der Waals surface area contributed by atoms with Crippen molar-refractivity contribution in [2.75, 3.05) is 0 Å². The van der Waals surface area contributed by atoms with Crippen LogP contribution in [0.3, 0.4) is 0 Å². The van der Waals surface area contributed by atoms with Crippen LogP contribution in [0, 0.1) is 0 Å². The fourth-order valence-corrected chi connectivity index (χ4v) is 1.67. The standard InChI is InChI=1S/C16H30O.Cu.Li.H/c1-3-5-7-9-11-13-15-17-16-14-12-10-8-6-4-2;;;/h13-16H,3-12H2,1-2H3;;;/q;;+1;-1. The summed E-state index contributed by atoms with van der Waals surface area (Å²) in [5, 5.41) is 0. The number of allylic oxidation sites excluding steroid dienone is 2. The van der Waals surface area contributed by atoms with Gasteiger partial charge in [0.15, 0.2) is 0 Å². The predicted molar refractivity (Wildman–Crippen MR) is 78.0 cm³/mol. The molecular weight excluding hydrogens is 279 g/mol. The van der Waals surface area contributed by atoms with Crippen LogP contribution < -0.4 is 18.9 Å². The maximum absolute atomic E-state index is 5.29. The summed E-state index contributed by atoms with van der Waals surface area (Å²) >= 11 is 0. The molecule has 0 heterocycles. The van der Waals surface area contributed by atoms with Crippen molar-refractivity contribution in [3.63, 3.8) is 0 Å². The van der Waals surface area contributed by atoms with E-state index in [2.05, 4.69) is 26.0 Å². The molecule has 0 aromatic heterocycles. The maximum Gasteiger partial charge on any atom is 1.00 e. The monoisotopic (exact) mass is 309 g/mol. The average molecular weight is 310 g/mol. The number of hydrogen-bond donors (Lipinski definition) is 0. The van der Waals surface area contributed by atoms with Crippen LogP contribution in [-0.4, -0.2) is 0 Å². The molecule has 0 aromatic rings. The number of ether oxygens (including phenoxy) is 1. The van der Waals surface area contributed by atoms with E-state index in [0.717, 1.165) is 12.8 Å². The van der Waals surface area contributed by atoms with Crippen molar-refractivity contribution >= 4 is 0 Å². The Kier molecular flexibility index (Phi) is 30.2. The van der Waals surface area contributed by atoms with Crippen molar-refractivity contribution < 1.29 is 42.1 Å². The average Bonchev–Trinajstić information content (AvgIpc) is 2.35. The molecule has 0 aliphatic carbocycles. The van der Waals surface area contributed by atoms with Crippen molar-refractivity contribution in [3.05, 3.63) is 24.7 Å². The molecule has 0 bridgehead atoms. The zero-order valence-electron chi connectivity index (χ0n) is 14.1. The second-order valence-corrected chi connectivity index (χ2v) is 4.58. The summed E-state index contributed by atoms with van der Waals surface area (Å²) in [5.74, 6) is 0. The minimum absolute atomic E-state index is 0. The summed E-state index contributed by atoms with van der Waals surface area (Å²) in [6.45, 7) is 4.48. The van der Waals surface area contributed by atoms with Crippen molar-refractivity contribution in [2.24, 2.45) is 0 Å². The Morgan fingerprint density at radius 1 is 0.737 bits per heavy atom. The Morgan fingerprint density at radius 3 is 1.53 bits per heavy atom. The van der Waals surface area contributed by atoms with E-state index in [0.29, 0.717) is 0 Å². The minimum atomic E-state index is 0. The molecule has 3 heteroatoms. The van der Waals surface area contributed by atoms with Gasteiger partial charge < -0.3 is 6.16 Å². The normalized spacial score (nSPS) is 10.4. The number of unbranched alkanes of at least 4 members (excludes halogenated alkanes) is 8. The second-order valence-electron chi connectivity index (χ2n) is 4.58. The van der Waals surface area contributed by atoms with Crippen LogP contribution in [0.25, 0.3) is 0 Å². The predicted octanol–water partition coefficient (Wildman–Crippen LogP) is 3.09. The molecule has 0 saturated carbocycles. The van der Waals surface area contributed by atoms with Crippen LogP contribution in [0.15, 0.2) is 24.7 Å². The molecule has 0 aromatic carbocycles. The van der Waals surface area contributed by atoms with E-state index in [1.54, 1.807) is 0 Å². The molecule has 0 N–H and O–H groups in total. The van der Waals surface area contributed by atoms with Crippen molar-refractivity contribution in [2.45, 2.75) is 78.1 Å². The summed E-state index contributed by atoms with van der Waals surface area (Å²) in [6, 6.07) is 0. The number of hydrogen-bond acceptors (Lipinski definition) is 1. The van der Waals surface area contributed by atoms with E-state index >= 15 is 0 Å². The van der Waals surface area contributed by atoms with Crippen LogP contribution >= 0.6 is 0 Å². The fraction of sp³-hybridized carbons (Fsp3) is 0.750. The van der Waals surface area contributed by atoms with Crippen LogP contribution in [0.4, 0.5) is 0 Å². The van der Waals surface area contributed by atoms with Gasteiger partial charge in [-0.25, -0.2) is 0 Å². The summed E-state index contributed by atoms with van der Waals surface area (Å²) < 4.78 is 5.29. The molecule has 113 valence electrons. The van der Waals surface area contributed by atoms with Gasteiger partial charge in [0.05, 0.1) is 12.5 Å². The Labute approximate surface area is 144 Å². The Balaban J connectivity index is -0.000000427. The molecule has 0 amide bonds. The Hall–Kier alpha value is 0.397. The van der Waals surface area contributed by atoms with Gasteiger partial charge in [0.25, 0.3) is 0 Å². The van der Waals surface area contributed by atoms with Crippen LogP contribution in [-0.2, 0) is 21.8 Å². The van der Waals surface area contributed by atoms with Gasteiger partial charge in [-0.1, -0.05) is 52.4 Å². The first kappa shape index (κ1) is 24.4. The van der Waals surface area contributed by atoms with Gasteiger partial charge in [0.2, 0.25) is 0 Å². The van der Waals surface area contributed by atoms with E-state index in [-0.39, 0.29) is 37.4 Å². The SMILES string of the molecule is CCCCCCC=COC=CCCCCCC.[Cu].[H-].[Li+]. The third kappa shape index (κ3) is 23.9. The Bertz CT molecular complexity index is 179. The largest absolute Gasteiger partial charge is 1.00 e. The van der Waals surface area contributed by atoms with E-state index in [4.69, 9.17) is 4.74 Å². The zero-order chi connectivity index (χ0) is 12.6. The van der Waals surface area contributed by atoms with Crippen molar-refractivity contribution in [3.8, 4) is 0 Å². The quantitative estimate of drug-likeness (QED) is 0.306. The number of rotatable bonds is 12. The third-order valence-electron chi connectivity index (χ3n) is 2.80. The summed E-state index contributed by atoms with van der Waals surface area (Å²) in [5.41, 5.74) is 0. The van der Waals surface area contributed by atoms with Gasteiger partial charge in [-0.3, -0.25) is 0 Å². The molecule has 0 saturated heterocycles. The van der Waals surface area contributed by atoms with Crippen LogP contribution in [0.1, 0.15) is 79.5 Å². The van der Waals surface area contributed by atoms with Crippen LogP contribution in [0.5, 0.6) is 0 Å². The van der Waals surface area contributed by atoms with E-state index in [1.807, 2.05) is 12.5 Å². The Morgan fingerprint density at radius 2 is 1.16 bits per heavy atom. The van der Waals surface area contributed by atoms with Gasteiger partial charge in [-0.05, 0) is 37.8 Å². The first-order valence-electron chi connectivity index (χ1n) is 7.37. The molecule has 19 heavy (non-hydrogen) atoms. The maximum atomic E-state index is 5.29. The summed E-state index contributed by atoms with van der Waals surface area (Å²) in [6.07, 6.45) is 20.7. The van der Waals surface area contributed by atoms with Crippen LogP contribution in [0.2, 0.25) is 0 Å². The molecule has 1 radical (unpaired) electrons. The summed E-state index contributed by atoms with van der Waals surface area (Å²) in [7, 11) is 0. The smallest absolute Gasteiger partial charge is 1.00 e.